The highest BCUT2D eigenvalue weighted by Crippen LogP contribution is 2.54. The summed E-state index contributed by atoms with van der Waals surface area (Å²) < 4.78 is 118. The van der Waals surface area contributed by atoms with Crippen LogP contribution in [0.1, 0.15) is 20.3 Å². The second-order valence-corrected chi connectivity index (χ2v) is 5.81. The van der Waals surface area contributed by atoms with Crippen molar-refractivity contribution in [3.8, 4) is 0 Å². The van der Waals surface area contributed by atoms with E-state index in [2.05, 4.69) is 4.74 Å². The van der Waals surface area contributed by atoms with E-state index in [9.17, 15) is 44.3 Å². The number of hydrogen-bond acceptors (Lipinski definition) is 3. The Morgan fingerprint density at radius 2 is 1.48 bits per heavy atom. The minimum Gasteiger partial charge on any atom is -0.465 e. The van der Waals surface area contributed by atoms with E-state index in [1.807, 2.05) is 0 Å². The smallest absolute Gasteiger partial charge is 0.460 e. The van der Waals surface area contributed by atoms with Crippen LogP contribution in [-0.2, 0) is 9.53 Å². The summed E-state index contributed by atoms with van der Waals surface area (Å²) in [6.45, 7) is 2.60. The van der Waals surface area contributed by atoms with E-state index >= 15 is 0 Å². The number of thioether (sulfide) groups is 1. The van der Waals surface area contributed by atoms with Gasteiger partial charge < -0.3 is 4.74 Å². The number of carbonyl (C=O) groups excluding carboxylic acids is 1. The predicted molar refractivity (Wildman–Crippen MR) is 64.1 cm³/mol. The van der Waals surface area contributed by atoms with E-state index in [-0.39, 0.29) is 6.61 Å². The van der Waals surface area contributed by atoms with Gasteiger partial charge in [0, 0.05) is 12.2 Å². The molecule has 0 aromatic carbocycles. The van der Waals surface area contributed by atoms with E-state index in [1.165, 1.54) is 13.8 Å². The normalized spacial score (nSPS) is 15.4. The molecule has 0 N–H and O–H groups in total. The molecule has 0 aromatic rings. The SMILES string of the molecule is CCOC(=O)C(C)SCCC(F)(F)C(F)(F)C(F)(F)C(F)(F)F. The molecule has 0 rings (SSSR count). The lowest BCUT2D eigenvalue weighted by atomic mass is 10.0. The Bertz CT molecular complexity index is 409. The van der Waals surface area contributed by atoms with Crippen LogP contribution in [0.15, 0.2) is 0 Å². The summed E-state index contributed by atoms with van der Waals surface area (Å²) in [5.41, 5.74) is 0. The van der Waals surface area contributed by atoms with Gasteiger partial charge in [0.05, 0.1) is 11.9 Å². The van der Waals surface area contributed by atoms with Gasteiger partial charge >= 0.3 is 29.9 Å². The Morgan fingerprint density at radius 1 is 1.00 bits per heavy atom. The Hall–Kier alpha value is -0.810. The first-order chi connectivity index (χ1) is 10.1. The third kappa shape index (κ3) is 4.83. The molecule has 0 aliphatic heterocycles. The minimum absolute atomic E-state index is 0.0320. The molecule has 0 aliphatic rings. The van der Waals surface area contributed by atoms with Crippen LogP contribution in [0.5, 0.6) is 0 Å². The van der Waals surface area contributed by atoms with E-state index in [1.54, 1.807) is 0 Å². The van der Waals surface area contributed by atoms with Gasteiger partial charge in [0.25, 0.3) is 0 Å². The van der Waals surface area contributed by atoms with Gasteiger partial charge in [-0.25, -0.2) is 0 Å². The molecule has 0 heterocycles. The lowest BCUT2D eigenvalue weighted by Crippen LogP contribution is -2.60. The van der Waals surface area contributed by atoms with Crippen LogP contribution in [0, 0.1) is 0 Å². The number of hydrogen-bond donors (Lipinski definition) is 0. The Kier molecular flexibility index (Phi) is 7.13. The highest BCUT2D eigenvalue weighted by Gasteiger charge is 2.81. The molecule has 0 radical (unpaired) electrons. The Balaban J connectivity index is 4.90. The summed E-state index contributed by atoms with van der Waals surface area (Å²) in [5.74, 6) is -20.9. The molecule has 0 amide bonds. The molecular formula is C11H13F9O2S. The summed E-state index contributed by atoms with van der Waals surface area (Å²) in [5, 5.41) is -1.07. The van der Waals surface area contributed by atoms with Crippen molar-refractivity contribution in [1.29, 1.82) is 0 Å². The van der Waals surface area contributed by atoms with Crippen molar-refractivity contribution in [1.82, 2.24) is 0 Å². The van der Waals surface area contributed by atoms with Gasteiger partial charge in [-0.05, 0) is 13.8 Å². The van der Waals surface area contributed by atoms with Crippen LogP contribution >= 0.6 is 11.8 Å². The molecule has 1 atom stereocenters. The second-order valence-electron chi connectivity index (χ2n) is 4.37. The first kappa shape index (κ1) is 22.2. The second kappa shape index (κ2) is 7.39. The third-order valence-electron chi connectivity index (χ3n) is 2.61. The highest BCUT2D eigenvalue weighted by atomic mass is 32.2. The summed E-state index contributed by atoms with van der Waals surface area (Å²) in [7, 11) is 0. The van der Waals surface area contributed by atoms with Crippen LogP contribution in [0.2, 0.25) is 0 Å². The van der Waals surface area contributed by atoms with Crippen molar-refractivity contribution in [2.24, 2.45) is 0 Å². The molecule has 2 nitrogen and oxygen atoms in total. The zero-order chi connectivity index (χ0) is 18.7. The molecule has 0 saturated heterocycles. The summed E-state index contributed by atoms with van der Waals surface area (Å²) >= 11 is 0.372. The summed E-state index contributed by atoms with van der Waals surface area (Å²) in [6.07, 6.45) is -8.80. The van der Waals surface area contributed by atoms with Crippen LogP contribution in [0.3, 0.4) is 0 Å². The topological polar surface area (TPSA) is 26.3 Å². The van der Waals surface area contributed by atoms with Crippen LogP contribution in [-0.4, -0.2) is 47.5 Å². The molecule has 23 heavy (non-hydrogen) atoms. The fourth-order valence-corrected chi connectivity index (χ4v) is 2.19. The standard InChI is InChI=1S/C11H13F9O2S/c1-3-22-7(21)6(2)23-5-4-8(12,13)9(14,15)10(16,17)11(18,19)20/h6H,3-5H2,1-2H3. The monoisotopic (exact) mass is 380 g/mol. The molecule has 1 unspecified atom stereocenters. The first-order valence-electron chi connectivity index (χ1n) is 6.10. The van der Waals surface area contributed by atoms with Gasteiger partial charge in [0.2, 0.25) is 0 Å². The number of esters is 1. The average molecular weight is 380 g/mol. The quantitative estimate of drug-likeness (QED) is 0.457. The van der Waals surface area contributed by atoms with E-state index < -0.39 is 47.3 Å². The predicted octanol–water partition coefficient (Wildman–Crippen LogP) is 4.53. The van der Waals surface area contributed by atoms with E-state index in [0.717, 1.165) is 0 Å². The highest BCUT2D eigenvalue weighted by molar-refractivity contribution is 8.00. The van der Waals surface area contributed by atoms with Crippen molar-refractivity contribution >= 4 is 17.7 Å². The number of carbonyl (C=O) groups is 1. The minimum atomic E-state index is -6.89. The number of ether oxygens (including phenoxy) is 1. The maximum absolute atomic E-state index is 13.2. The number of alkyl halides is 9. The lowest BCUT2D eigenvalue weighted by molar-refractivity contribution is -0.396. The van der Waals surface area contributed by atoms with Crippen LogP contribution in [0.4, 0.5) is 39.5 Å². The van der Waals surface area contributed by atoms with Crippen molar-refractivity contribution in [2.75, 3.05) is 12.4 Å². The van der Waals surface area contributed by atoms with Gasteiger partial charge in [-0.2, -0.15) is 39.5 Å². The van der Waals surface area contributed by atoms with Crippen LogP contribution < -0.4 is 0 Å². The first-order valence-corrected chi connectivity index (χ1v) is 7.15. The molecule has 0 spiro atoms. The molecule has 0 fully saturated rings. The van der Waals surface area contributed by atoms with Crippen molar-refractivity contribution in [3.63, 3.8) is 0 Å². The molecule has 12 heteroatoms. The molecule has 0 aliphatic carbocycles. The Labute approximate surface area is 129 Å². The maximum atomic E-state index is 13.2. The number of halogens is 9. The number of rotatable bonds is 8. The lowest BCUT2D eigenvalue weighted by Gasteiger charge is -2.33. The molecule has 0 bridgehead atoms. The third-order valence-corrected chi connectivity index (χ3v) is 3.74. The summed E-state index contributed by atoms with van der Waals surface area (Å²) in [6, 6.07) is 0. The molecule has 138 valence electrons. The fourth-order valence-electron chi connectivity index (χ4n) is 1.26. The van der Waals surface area contributed by atoms with Gasteiger partial charge in [0.1, 0.15) is 0 Å². The Morgan fingerprint density at radius 3 is 1.87 bits per heavy atom. The van der Waals surface area contributed by atoms with Crippen LogP contribution in [0.25, 0.3) is 0 Å². The summed E-state index contributed by atoms with van der Waals surface area (Å²) in [4.78, 5) is 11.1. The van der Waals surface area contributed by atoms with Gasteiger partial charge in [-0.3, -0.25) is 4.79 Å². The molecule has 0 saturated carbocycles. The van der Waals surface area contributed by atoms with E-state index in [0.29, 0.717) is 11.8 Å². The molecule has 0 aromatic heterocycles. The zero-order valence-corrected chi connectivity index (χ0v) is 12.6. The van der Waals surface area contributed by atoms with Gasteiger partial charge in [-0.15, -0.1) is 11.8 Å². The van der Waals surface area contributed by atoms with Crippen molar-refractivity contribution < 1.29 is 49.0 Å². The van der Waals surface area contributed by atoms with Crippen molar-refractivity contribution in [3.05, 3.63) is 0 Å². The van der Waals surface area contributed by atoms with E-state index in [4.69, 9.17) is 0 Å². The average Bonchev–Trinajstić information content (AvgIpc) is 2.36. The zero-order valence-electron chi connectivity index (χ0n) is 11.8. The maximum Gasteiger partial charge on any atom is 0.460 e. The van der Waals surface area contributed by atoms with Crippen molar-refractivity contribution in [2.45, 2.75) is 49.5 Å². The fraction of sp³-hybridized carbons (Fsp3) is 0.909. The molecular weight excluding hydrogens is 367 g/mol. The van der Waals surface area contributed by atoms with Gasteiger partial charge in [-0.1, -0.05) is 0 Å². The largest absolute Gasteiger partial charge is 0.465 e. The van der Waals surface area contributed by atoms with Gasteiger partial charge in [0.15, 0.2) is 0 Å².